The molecule has 0 saturated carbocycles. The summed E-state index contributed by atoms with van der Waals surface area (Å²) in [5, 5.41) is 9.95. The molecule has 2 aromatic rings. The monoisotopic (exact) mass is 371 g/mol. The highest BCUT2D eigenvalue weighted by atomic mass is 32.1. The molecule has 0 unspecified atom stereocenters. The van der Waals surface area contributed by atoms with Gasteiger partial charge in [-0.3, -0.25) is 4.79 Å². The van der Waals surface area contributed by atoms with Crippen LogP contribution in [0.3, 0.4) is 0 Å². The zero-order valence-corrected chi connectivity index (χ0v) is 16.6. The van der Waals surface area contributed by atoms with E-state index in [0.29, 0.717) is 12.1 Å². The van der Waals surface area contributed by atoms with E-state index in [9.17, 15) is 14.7 Å². The fourth-order valence-corrected chi connectivity index (χ4v) is 4.95. The van der Waals surface area contributed by atoms with Crippen molar-refractivity contribution >= 4 is 23.2 Å². The molecule has 0 bridgehead atoms. The molecule has 1 aromatic heterocycles. The molecule has 0 fully saturated rings. The Bertz CT molecular complexity index is 866. The molecule has 5 heteroatoms. The summed E-state index contributed by atoms with van der Waals surface area (Å²) in [5.74, 6) is -0.865. The molecule has 138 valence electrons. The van der Waals surface area contributed by atoms with Gasteiger partial charge in [-0.2, -0.15) is 0 Å². The first-order valence-corrected chi connectivity index (χ1v) is 9.69. The molecular formula is C21H25NO3S. The maximum atomic E-state index is 12.1. The van der Waals surface area contributed by atoms with Gasteiger partial charge in [0.25, 0.3) is 0 Å². The highest BCUT2D eigenvalue weighted by Crippen LogP contribution is 2.45. The molecule has 0 radical (unpaired) electrons. The number of amides is 1. The van der Waals surface area contributed by atoms with Gasteiger partial charge in [-0.25, -0.2) is 4.79 Å². The lowest BCUT2D eigenvalue weighted by Crippen LogP contribution is -2.23. The highest BCUT2D eigenvalue weighted by molar-refractivity contribution is 7.16. The molecule has 26 heavy (non-hydrogen) atoms. The number of aryl methyl sites for hydroxylation is 1. The second-order valence-corrected chi connectivity index (χ2v) is 8.99. The predicted octanol–water partition coefficient (Wildman–Crippen LogP) is 4.61. The zero-order chi connectivity index (χ0) is 19.1. The van der Waals surface area contributed by atoms with E-state index in [2.05, 4.69) is 13.8 Å². The van der Waals surface area contributed by atoms with E-state index < -0.39 is 5.97 Å². The number of thiophene rings is 1. The second kappa shape index (κ2) is 6.88. The first-order chi connectivity index (χ1) is 12.2. The zero-order valence-electron chi connectivity index (χ0n) is 15.8. The van der Waals surface area contributed by atoms with Gasteiger partial charge >= 0.3 is 5.97 Å². The first-order valence-electron chi connectivity index (χ1n) is 8.87. The number of carboxylic acid groups (broad SMARTS) is 1. The third kappa shape index (κ3) is 3.54. The SMILES string of the molecule is CC(=O)N(C)Cc1ccccc1-c1sc2c(c1C(=O)O)CC(C)(C)CC2. The van der Waals surface area contributed by atoms with Crippen molar-refractivity contribution in [2.24, 2.45) is 5.41 Å². The normalized spacial score (nSPS) is 15.4. The number of fused-ring (bicyclic) bond motifs is 1. The molecule has 3 rings (SSSR count). The van der Waals surface area contributed by atoms with Crippen LogP contribution in [0.4, 0.5) is 0 Å². The van der Waals surface area contributed by atoms with Crippen molar-refractivity contribution in [1.29, 1.82) is 0 Å². The minimum absolute atomic E-state index is 0.00881. The molecule has 1 aliphatic carbocycles. The number of carbonyl (C=O) groups excluding carboxylic acids is 1. The van der Waals surface area contributed by atoms with Crippen LogP contribution in [-0.2, 0) is 24.2 Å². The van der Waals surface area contributed by atoms with E-state index in [4.69, 9.17) is 0 Å². The summed E-state index contributed by atoms with van der Waals surface area (Å²) in [6.45, 7) is 6.42. The Morgan fingerprint density at radius 3 is 2.62 bits per heavy atom. The molecule has 0 spiro atoms. The Labute approximate surface area is 158 Å². The van der Waals surface area contributed by atoms with E-state index in [1.807, 2.05) is 24.3 Å². The molecule has 0 saturated heterocycles. The van der Waals surface area contributed by atoms with E-state index >= 15 is 0 Å². The number of aromatic carboxylic acids is 1. The van der Waals surface area contributed by atoms with Gasteiger partial charge in [0.05, 0.1) is 5.56 Å². The van der Waals surface area contributed by atoms with E-state index in [-0.39, 0.29) is 11.3 Å². The predicted molar refractivity (Wildman–Crippen MR) is 105 cm³/mol. The molecule has 4 nitrogen and oxygen atoms in total. The van der Waals surface area contributed by atoms with Gasteiger partial charge in [-0.15, -0.1) is 11.3 Å². The van der Waals surface area contributed by atoms with Crippen LogP contribution >= 0.6 is 11.3 Å². The Morgan fingerprint density at radius 2 is 1.96 bits per heavy atom. The van der Waals surface area contributed by atoms with Crippen molar-refractivity contribution in [3.63, 3.8) is 0 Å². The van der Waals surface area contributed by atoms with Crippen LogP contribution in [0, 0.1) is 5.41 Å². The molecule has 1 amide bonds. The standard InChI is InChI=1S/C21H25NO3S/c1-13(23)22(4)12-14-7-5-6-8-15(14)19-18(20(24)25)16-11-21(2,3)10-9-17(16)26-19/h5-8H,9-12H2,1-4H3,(H,24,25). The summed E-state index contributed by atoms with van der Waals surface area (Å²) in [5.41, 5.74) is 3.49. The summed E-state index contributed by atoms with van der Waals surface area (Å²) >= 11 is 1.61. The molecule has 1 aliphatic rings. The summed E-state index contributed by atoms with van der Waals surface area (Å²) < 4.78 is 0. The summed E-state index contributed by atoms with van der Waals surface area (Å²) in [6, 6.07) is 7.81. The number of benzene rings is 1. The quantitative estimate of drug-likeness (QED) is 0.854. The lowest BCUT2D eigenvalue weighted by Gasteiger charge is -2.29. The summed E-state index contributed by atoms with van der Waals surface area (Å²) in [6.07, 6.45) is 2.81. The average molecular weight is 372 g/mol. The number of hydrogen-bond acceptors (Lipinski definition) is 3. The van der Waals surface area contributed by atoms with Crippen LogP contribution < -0.4 is 0 Å². The molecule has 0 aliphatic heterocycles. The van der Waals surface area contributed by atoms with Gasteiger partial charge in [0, 0.05) is 30.3 Å². The Kier molecular flexibility index (Phi) is 4.93. The number of rotatable bonds is 4. The van der Waals surface area contributed by atoms with E-state index in [1.54, 1.807) is 23.3 Å². The van der Waals surface area contributed by atoms with Crippen LogP contribution in [0.1, 0.15) is 53.6 Å². The topological polar surface area (TPSA) is 57.6 Å². The van der Waals surface area contributed by atoms with Crippen molar-refractivity contribution in [3.8, 4) is 10.4 Å². The van der Waals surface area contributed by atoms with Crippen LogP contribution in [0.25, 0.3) is 10.4 Å². The highest BCUT2D eigenvalue weighted by Gasteiger charge is 2.33. The fourth-order valence-electron chi connectivity index (χ4n) is 3.58. The van der Waals surface area contributed by atoms with Gasteiger partial charge in [-0.1, -0.05) is 38.1 Å². The van der Waals surface area contributed by atoms with Crippen molar-refractivity contribution in [2.45, 2.75) is 46.6 Å². The van der Waals surface area contributed by atoms with Gasteiger partial charge in [-0.05, 0) is 41.4 Å². The van der Waals surface area contributed by atoms with Gasteiger partial charge in [0.2, 0.25) is 5.91 Å². The van der Waals surface area contributed by atoms with Gasteiger partial charge in [0.15, 0.2) is 0 Å². The van der Waals surface area contributed by atoms with Crippen molar-refractivity contribution in [1.82, 2.24) is 4.90 Å². The second-order valence-electron chi connectivity index (χ2n) is 7.89. The maximum Gasteiger partial charge on any atom is 0.337 e. The van der Waals surface area contributed by atoms with Crippen molar-refractivity contribution in [3.05, 3.63) is 45.8 Å². The lowest BCUT2D eigenvalue weighted by atomic mass is 9.76. The van der Waals surface area contributed by atoms with Crippen molar-refractivity contribution in [2.75, 3.05) is 7.05 Å². The van der Waals surface area contributed by atoms with Crippen LogP contribution in [0.5, 0.6) is 0 Å². The minimum atomic E-state index is -0.857. The molecular weight excluding hydrogens is 346 g/mol. The van der Waals surface area contributed by atoms with Crippen LogP contribution in [0.2, 0.25) is 0 Å². The molecule has 1 heterocycles. The average Bonchev–Trinajstić information content (AvgIpc) is 2.92. The number of hydrogen-bond donors (Lipinski definition) is 1. The third-order valence-electron chi connectivity index (χ3n) is 5.20. The summed E-state index contributed by atoms with van der Waals surface area (Å²) in [4.78, 5) is 27.4. The first kappa shape index (κ1) is 18.6. The third-order valence-corrected chi connectivity index (χ3v) is 6.52. The van der Waals surface area contributed by atoms with Crippen LogP contribution in [-0.4, -0.2) is 28.9 Å². The fraction of sp³-hybridized carbons (Fsp3) is 0.429. The Balaban J connectivity index is 2.13. The Hall–Kier alpha value is -2.14. The van der Waals surface area contributed by atoms with Crippen LogP contribution in [0.15, 0.2) is 24.3 Å². The van der Waals surface area contributed by atoms with Gasteiger partial charge in [0.1, 0.15) is 0 Å². The van der Waals surface area contributed by atoms with E-state index in [0.717, 1.165) is 40.8 Å². The summed E-state index contributed by atoms with van der Waals surface area (Å²) in [7, 11) is 1.76. The molecule has 1 N–H and O–H groups in total. The number of carbonyl (C=O) groups is 2. The maximum absolute atomic E-state index is 12.1. The van der Waals surface area contributed by atoms with E-state index in [1.165, 1.54) is 11.8 Å². The number of carboxylic acids is 1. The lowest BCUT2D eigenvalue weighted by molar-refractivity contribution is -0.128. The number of nitrogens with zero attached hydrogens (tertiary/aromatic N) is 1. The molecule has 1 aromatic carbocycles. The largest absolute Gasteiger partial charge is 0.478 e. The molecule has 0 atom stereocenters. The minimum Gasteiger partial charge on any atom is -0.478 e. The smallest absolute Gasteiger partial charge is 0.337 e. The van der Waals surface area contributed by atoms with Gasteiger partial charge < -0.3 is 10.0 Å². The van der Waals surface area contributed by atoms with Crippen molar-refractivity contribution < 1.29 is 14.7 Å². The Morgan fingerprint density at radius 1 is 1.27 bits per heavy atom.